The molecule has 5 heteroatoms. The van der Waals surface area contributed by atoms with Gasteiger partial charge in [0.1, 0.15) is 5.69 Å². The van der Waals surface area contributed by atoms with Gasteiger partial charge in [-0.05, 0) is 46.8 Å². The van der Waals surface area contributed by atoms with Crippen molar-refractivity contribution in [1.29, 1.82) is 0 Å². The Morgan fingerprint density at radius 1 is 1.67 bits per heavy atom. The maximum Gasteiger partial charge on any atom is 0.273 e. The SMILES string of the molecule is COCC1CCCN(C(=O)c2ncccc2Br)C1. The number of methoxy groups -OCH3 is 1. The molecular weight excluding hydrogens is 296 g/mol. The summed E-state index contributed by atoms with van der Waals surface area (Å²) in [7, 11) is 1.70. The Labute approximate surface area is 115 Å². The number of hydrogen-bond acceptors (Lipinski definition) is 3. The molecule has 1 saturated heterocycles. The Hall–Kier alpha value is -0.940. The van der Waals surface area contributed by atoms with Crippen LogP contribution in [0.5, 0.6) is 0 Å². The zero-order valence-electron chi connectivity index (χ0n) is 10.4. The third-order valence-corrected chi connectivity index (χ3v) is 3.81. The van der Waals surface area contributed by atoms with Gasteiger partial charge >= 0.3 is 0 Å². The highest BCUT2D eigenvalue weighted by Gasteiger charge is 2.26. The Morgan fingerprint density at radius 2 is 2.50 bits per heavy atom. The van der Waals surface area contributed by atoms with Gasteiger partial charge in [0.05, 0.1) is 6.61 Å². The highest BCUT2D eigenvalue weighted by atomic mass is 79.9. The van der Waals surface area contributed by atoms with Crippen LogP contribution in [0.25, 0.3) is 0 Å². The smallest absolute Gasteiger partial charge is 0.273 e. The van der Waals surface area contributed by atoms with Crippen LogP contribution in [-0.4, -0.2) is 42.6 Å². The van der Waals surface area contributed by atoms with Crippen LogP contribution in [0.1, 0.15) is 23.3 Å². The average Bonchev–Trinajstić information content (AvgIpc) is 2.39. The second-order valence-electron chi connectivity index (χ2n) is 4.55. The minimum atomic E-state index is 0.00304. The number of pyridine rings is 1. The fourth-order valence-electron chi connectivity index (χ4n) is 2.31. The normalized spacial score (nSPS) is 19.9. The molecule has 0 N–H and O–H groups in total. The van der Waals surface area contributed by atoms with Gasteiger partial charge < -0.3 is 9.64 Å². The zero-order valence-corrected chi connectivity index (χ0v) is 12.0. The summed E-state index contributed by atoms with van der Waals surface area (Å²) in [4.78, 5) is 18.4. The van der Waals surface area contributed by atoms with Crippen molar-refractivity contribution in [3.8, 4) is 0 Å². The lowest BCUT2D eigenvalue weighted by Crippen LogP contribution is -2.41. The monoisotopic (exact) mass is 312 g/mol. The molecule has 1 atom stereocenters. The molecule has 4 nitrogen and oxygen atoms in total. The molecule has 0 bridgehead atoms. The fraction of sp³-hybridized carbons (Fsp3) is 0.538. The first-order valence-corrected chi connectivity index (χ1v) is 6.90. The second kappa shape index (κ2) is 6.29. The Morgan fingerprint density at radius 3 is 3.22 bits per heavy atom. The van der Waals surface area contributed by atoms with E-state index in [1.54, 1.807) is 13.3 Å². The highest BCUT2D eigenvalue weighted by molar-refractivity contribution is 9.10. The fourth-order valence-corrected chi connectivity index (χ4v) is 2.74. The van der Waals surface area contributed by atoms with Gasteiger partial charge in [0.2, 0.25) is 0 Å². The van der Waals surface area contributed by atoms with Crippen molar-refractivity contribution >= 4 is 21.8 Å². The second-order valence-corrected chi connectivity index (χ2v) is 5.40. The highest BCUT2D eigenvalue weighted by Crippen LogP contribution is 2.21. The largest absolute Gasteiger partial charge is 0.384 e. The van der Waals surface area contributed by atoms with E-state index >= 15 is 0 Å². The number of aromatic nitrogens is 1. The lowest BCUT2D eigenvalue weighted by molar-refractivity contribution is 0.0565. The number of hydrogen-bond donors (Lipinski definition) is 0. The number of carbonyl (C=O) groups is 1. The van der Waals surface area contributed by atoms with Gasteiger partial charge in [-0.1, -0.05) is 0 Å². The first kappa shape index (κ1) is 13.5. The molecule has 0 aromatic carbocycles. The molecule has 1 aliphatic heterocycles. The summed E-state index contributed by atoms with van der Waals surface area (Å²) in [5, 5.41) is 0. The minimum absolute atomic E-state index is 0.00304. The van der Waals surface area contributed by atoms with Gasteiger partial charge in [-0.2, -0.15) is 0 Å². The van der Waals surface area contributed by atoms with Crippen molar-refractivity contribution in [2.75, 3.05) is 26.8 Å². The van der Waals surface area contributed by atoms with Gasteiger partial charge in [-0.25, -0.2) is 4.98 Å². The Balaban J connectivity index is 2.07. The maximum absolute atomic E-state index is 12.4. The van der Waals surface area contributed by atoms with E-state index in [4.69, 9.17) is 4.74 Å². The minimum Gasteiger partial charge on any atom is -0.384 e. The van der Waals surface area contributed by atoms with Crippen molar-refractivity contribution in [1.82, 2.24) is 9.88 Å². The van der Waals surface area contributed by atoms with Crippen LogP contribution in [0, 0.1) is 5.92 Å². The summed E-state index contributed by atoms with van der Waals surface area (Å²) < 4.78 is 5.93. The van der Waals surface area contributed by atoms with Crippen molar-refractivity contribution in [3.63, 3.8) is 0 Å². The lowest BCUT2D eigenvalue weighted by Gasteiger charge is -2.32. The molecule has 1 aromatic rings. The number of amides is 1. The number of likely N-dealkylation sites (tertiary alicyclic amines) is 1. The van der Waals surface area contributed by atoms with Gasteiger partial charge in [0, 0.05) is 30.9 Å². The molecular formula is C13H17BrN2O2. The van der Waals surface area contributed by atoms with E-state index in [0.29, 0.717) is 18.2 Å². The lowest BCUT2D eigenvalue weighted by atomic mass is 9.98. The zero-order chi connectivity index (χ0) is 13.0. The number of halogens is 1. The van der Waals surface area contributed by atoms with E-state index < -0.39 is 0 Å². The van der Waals surface area contributed by atoms with E-state index in [9.17, 15) is 4.79 Å². The summed E-state index contributed by atoms with van der Waals surface area (Å²) in [5.41, 5.74) is 0.496. The van der Waals surface area contributed by atoms with E-state index in [1.807, 2.05) is 17.0 Å². The molecule has 1 aliphatic rings. The first-order chi connectivity index (χ1) is 8.72. The number of ether oxygens (including phenoxy) is 1. The summed E-state index contributed by atoms with van der Waals surface area (Å²) in [6.07, 6.45) is 3.81. The standard InChI is InChI=1S/C13H17BrN2O2/c1-18-9-10-4-3-7-16(8-10)13(17)12-11(14)5-2-6-15-12/h2,5-6,10H,3-4,7-9H2,1H3. The number of piperidine rings is 1. The molecule has 18 heavy (non-hydrogen) atoms. The predicted octanol–water partition coefficient (Wildman–Crippen LogP) is 2.34. The first-order valence-electron chi connectivity index (χ1n) is 6.11. The molecule has 2 rings (SSSR count). The van der Waals surface area contributed by atoms with E-state index in [-0.39, 0.29) is 5.91 Å². The average molecular weight is 313 g/mol. The quantitative estimate of drug-likeness (QED) is 0.860. The summed E-state index contributed by atoms with van der Waals surface area (Å²) in [6, 6.07) is 3.65. The van der Waals surface area contributed by atoms with E-state index in [0.717, 1.165) is 30.4 Å². The van der Waals surface area contributed by atoms with Crippen LogP contribution in [0.4, 0.5) is 0 Å². The molecule has 0 spiro atoms. The van der Waals surface area contributed by atoms with Crippen molar-refractivity contribution in [2.45, 2.75) is 12.8 Å². The van der Waals surface area contributed by atoms with Gasteiger partial charge in [-0.15, -0.1) is 0 Å². The Bertz CT molecular complexity index is 423. The molecule has 2 heterocycles. The summed E-state index contributed by atoms with van der Waals surface area (Å²) in [5.74, 6) is 0.443. The van der Waals surface area contributed by atoms with Crippen molar-refractivity contribution < 1.29 is 9.53 Å². The van der Waals surface area contributed by atoms with Gasteiger partial charge in [0.15, 0.2) is 0 Å². The van der Waals surface area contributed by atoms with Gasteiger partial charge in [0.25, 0.3) is 5.91 Å². The van der Waals surface area contributed by atoms with Crippen molar-refractivity contribution in [2.24, 2.45) is 5.92 Å². The molecule has 0 aliphatic carbocycles. The summed E-state index contributed by atoms with van der Waals surface area (Å²) >= 11 is 3.37. The number of carbonyl (C=O) groups excluding carboxylic acids is 1. The molecule has 1 aromatic heterocycles. The third-order valence-electron chi connectivity index (χ3n) is 3.17. The van der Waals surface area contributed by atoms with Crippen LogP contribution in [-0.2, 0) is 4.74 Å². The molecule has 1 unspecified atom stereocenters. The van der Waals surface area contributed by atoms with Crippen LogP contribution in [0.3, 0.4) is 0 Å². The number of rotatable bonds is 3. The molecule has 1 fully saturated rings. The topological polar surface area (TPSA) is 42.4 Å². The molecule has 0 radical (unpaired) electrons. The van der Waals surface area contributed by atoms with E-state index in [1.165, 1.54) is 0 Å². The predicted molar refractivity (Wildman–Crippen MR) is 72.4 cm³/mol. The molecule has 98 valence electrons. The molecule has 0 saturated carbocycles. The third kappa shape index (κ3) is 3.09. The van der Waals surface area contributed by atoms with Crippen LogP contribution in [0.2, 0.25) is 0 Å². The summed E-state index contributed by atoms with van der Waals surface area (Å²) in [6.45, 7) is 2.28. The Kier molecular flexibility index (Phi) is 4.72. The van der Waals surface area contributed by atoms with Crippen LogP contribution >= 0.6 is 15.9 Å². The van der Waals surface area contributed by atoms with Gasteiger partial charge in [-0.3, -0.25) is 4.79 Å². The van der Waals surface area contributed by atoms with E-state index in [2.05, 4.69) is 20.9 Å². The maximum atomic E-state index is 12.4. The van der Waals surface area contributed by atoms with Crippen molar-refractivity contribution in [3.05, 3.63) is 28.5 Å². The van der Waals surface area contributed by atoms with Crippen LogP contribution < -0.4 is 0 Å². The number of nitrogens with zero attached hydrogens (tertiary/aromatic N) is 2. The molecule has 1 amide bonds. The van der Waals surface area contributed by atoms with Crippen LogP contribution in [0.15, 0.2) is 22.8 Å².